The minimum atomic E-state index is -0.610. The van der Waals surface area contributed by atoms with Crippen molar-refractivity contribution < 1.29 is 24.2 Å². The van der Waals surface area contributed by atoms with Crippen molar-refractivity contribution in [1.29, 1.82) is 0 Å². The first-order valence-electron chi connectivity index (χ1n) is 13.9. The highest BCUT2D eigenvalue weighted by Gasteiger charge is 2.56. The summed E-state index contributed by atoms with van der Waals surface area (Å²) < 4.78 is 11.0. The second-order valence-electron chi connectivity index (χ2n) is 11.8. The Kier molecular flexibility index (Phi) is 9.26. The molecule has 0 aromatic rings. The number of ether oxygens (including phenoxy) is 2. The highest BCUT2D eigenvalue weighted by Crippen LogP contribution is 2.62. The van der Waals surface area contributed by atoms with Crippen LogP contribution in [0.15, 0.2) is 23.8 Å². The van der Waals surface area contributed by atoms with Crippen molar-refractivity contribution in [2.75, 3.05) is 12.4 Å². The average Bonchev–Trinajstić information content (AvgIpc) is 3.49. The van der Waals surface area contributed by atoms with Gasteiger partial charge in [0.05, 0.1) is 11.7 Å². The minimum absolute atomic E-state index is 0.0289. The molecule has 4 aliphatic rings. The van der Waals surface area contributed by atoms with Crippen LogP contribution >= 0.6 is 21.6 Å². The molecular formula is C29H44O5S2. The van der Waals surface area contributed by atoms with E-state index >= 15 is 0 Å². The van der Waals surface area contributed by atoms with Gasteiger partial charge in [-0.15, -0.1) is 0 Å². The first kappa shape index (κ1) is 28.1. The van der Waals surface area contributed by atoms with Crippen molar-refractivity contribution in [3.8, 4) is 0 Å². The fraction of sp³-hybridized carbons (Fsp3) is 0.793. The predicted molar refractivity (Wildman–Crippen MR) is 148 cm³/mol. The van der Waals surface area contributed by atoms with Crippen molar-refractivity contribution in [1.82, 2.24) is 0 Å². The van der Waals surface area contributed by atoms with Crippen LogP contribution in [0, 0.1) is 22.7 Å². The summed E-state index contributed by atoms with van der Waals surface area (Å²) in [6, 6.07) is 0. The Labute approximate surface area is 225 Å². The standard InChI is InChI=1S/C29H44O5S2/c1-5-28(3)24-13-10-19(2)22(29(24,4)16-14-25(28)30)12-11-21-23(18-33-27(21)32)34-26(31)9-7-6-8-20-15-17-35-36-20/h11,20,22-25,30H,2,5-10,12-18H2,1,3-4H3. The highest BCUT2D eigenvalue weighted by atomic mass is 33.1. The Morgan fingerprint density at radius 3 is 2.81 bits per heavy atom. The lowest BCUT2D eigenvalue weighted by molar-refractivity contribution is -0.148. The number of aliphatic hydroxyl groups is 1. The van der Waals surface area contributed by atoms with Crippen LogP contribution in [-0.2, 0) is 19.1 Å². The number of allylic oxidation sites excluding steroid dienone is 2. The molecule has 0 radical (unpaired) electrons. The molecule has 0 aromatic carbocycles. The average molecular weight is 537 g/mol. The van der Waals surface area contributed by atoms with Crippen molar-refractivity contribution >= 4 is 33.5 Å². The monoisotopic (exact) mass is 536 g/mol. The maximum atomic E-state index is 12.5. The Morgan fingerprint density at radius 2 is 2.08 bits per heavy atom. The Bertz CT molecular complexity index is 866. The van der Waals surface area contributed by atoms with E-state index in [1.54, 1.807) is 0 Å². The molecule has 2 aliphatic carbocycles. The zero-order chi connectivity index (χ0) is 25.9. The van der Waals surface area contributed by atoms with Crippen LogP contribution in [-0.4, -0.2) is 46.9 Å². The normalized spacial score (nSPS) is 39.8. The summed E-state index contributed by atoms with van der Waals surface area (Å²) in [5.41, 5.74) is 1.65. The number of aliphatic hydroxyl groups excluding tert-OH is 1. The van der Waals surface area contributed by atoms with Crippen LogP contribution in [0.5, 0.6) is 0 Å². The van der Waals surface area contributed by atoms with Crippen LogP contribution in [0.1, 0.15) is 91.4 Å². The molecule has 7 heteroatoms. The van der Waals surface area contributed by atoms with E-state index in [1.807, 2.05) is 27.7 Å². The van der Waals surface area contributed by atoms with Gasteiger partial charge in [0.15, 0.2) is 6.10 Å². The lowest BCUT2D eigenvalue weighted by Crippen LogP contribution is -2.55. The molecule has 7 unspecified atom stereocenters. The van der Waals surface area contributed by atoms with Gasteiger partial charge in [-0.25, -0.2) is 4.79 Å². The van der Waals surface area contributed by atoms with Gasteiger partial charge in [-0.05, 0) is 80.5 Å². The van der Waals surface area contributed by atoms with Gasteiger partial charge in [-0.1, -0.05) is 67.0 Å². The highest BCUT2D eigenvalue weighted by molar-refractivity contribution is 8.77. The number of rotatable bonds is 9. The molecule has 4 fully saturated rings. The van der Waals surface area contributed by atoms with E-state index in [4.69, 9.17) is 9.47 Å². The number of carbonyl (C=O) groups excluding carboxylic acids is 2. The maximum absolute atomic E-state index is 12.5. The second kappa shape index (κ2) is 11.9. The molecule has 2 saturated carbocycles. The lowest BCUT2D eigenvalue weighted by atomic mass is 9.45. The number of hydrogen-bond donors (Lipinski definition) is 1. The molecule has 36 heavy (non-hydrogen) atoms. The van der Waals surface area contributed by atoms with E-state index in [0.29, 0.717) is 24.3 Å². The number of hydrogen-bond acceptors (Lipinski definition) is 7. The summed E-state index contributed by atoms with van der Waals surface area (Å²) in [6.07, 6.45) is 11.2. The van der Waals surface area contributed by atoms with E-state index in [1.165, 1.54) is 17.7 Å². The molecule has 1 N–H and O–H groups in total. The van der Waals surface area contributed by atoms with E-state index in [0.717, 1.165) is 56.6 Å². The molecule has 2 saturated heterocycles. The van der Waals surface area contributed by atoms with Gasteiger partial charge in [0.2, 0.25) is 0 Å². The van der Waals surface area contributed by atoms with Crippen molar-refractivity contribution in [3.05, 3.63) is 23.8 Å². The SMILES string of the molecule is C=C1CCC2C(C)(CC)C(O)CCC2(C)C1CC=C1C(=O)OCC1OC(=O)CCCCC1CCSS1. The largest absolute Gasteiger partial charge is 0.458 e. The first-order valence-corrected chi connectivity index (χ1v) is 16.3. The third kappa shape index (κ3) is 5.73. The first-order chi connectivity index (χ1) is 17.2. The molecule has 0 aromatic heterocycles. The summed E-state index contributed by atoms with van der Waals surface area (Å²) >= 11 is 0. The van der Waals surface area contributed by atoms with E-state index in [9.17, 15) is 14.7 Å². The molecule has 0 bridgehead atoms. The zero-order valence-corrected chi connectivity index (χ0v) is 23.9. The van der Waals surface area contributed by atoms with Gasteiger partial charge >= 0.3 is 11.9 Å². The van der Waals surface area contributed by atoms with Gasteiger partial charge in [-0.2, -0.15) is 0 Å². The fourth-order valence-corrected chi connectivity index (χ4v) is 10.4. The van der Waals surface area contributed by atoms with Crippen LogP contribution < -0.4 is 0 Å². The van der Waals surface area contributed by atoms with Gasteiger partial charge in [0.25, 0.3) is 0 Å². The Balaban J connectivity index is 1.37. The smallest absolute Gasteiger partial charge is 0.337 e. The maximum Gasteiger partial charge on any atom is 0.337 e. The van der Waals surface area contributed by atoms with E-state index in [2.05, 4.69) is 27.4 Å². The lowest BCUT2D eigenvalue weighted by Gasteiger charge is -2.60. The second-order valence-corrected chi connectivity index (χ2v) is 14.6. The van der Waals surface area contributed by atoms with Crippen molar-refractivity contribution in [2.45, 2.75) is 109 Å². The predicted octanol–water partition coefficient (Wildman–Crippen LogP) is 6.65. The van der Waals surface area contributed by atoms with Crippen LogP contribution in [0.25, 0.3) is 0 Å². The molecular weight excluding hydrogens is 492 g/mol. The number of unbranched alkanes of at least 4 members (excludes halogenated alkanes) is 1. The summed E-state index contributed by atoms with van der Waals surface area (Å²) in [5, 5.41) is 11.6. The molecule has 5 nitrogen and oxygen atoms in total. The van der Waals surface area contributed by atoms with Gasteiger partial charge in [0, 0.05) is 17.4 Å². The van der Waals surface area contributed by atoms with Crippen molar-refractivity contribution in [3.63, 3.8) is 0 Å². The number of cyclic esters (lactones) is 1. The third-order valence-electron chi connectivity index (χ3n) is 9.79. The molecule has 2 aliphatic heterocycles. The van der Waals surface area contributed by atoms with Gasteiger partial charge in [0.1, 0.15) is 6.61 Å². The zero-order valence-electron chi connectivity index (χ0n) is 22.3. The number of fused-ring (bicyclic) bond motifs is 1. The summed E-state index contributed by atoms with van der Waals surface area (Å²) in [4.78, 5) is 25.1. The molecule has 7 atom stereocenters. The minimum Gasteiger partial charge on any atom is -0.458 e. The molecule has 2 heterocycles. The van der Waals surface area contributed by atoms with Crippen LogP contribution in [0.3, 0.4) is 0 Å². The fourth-order valence-electron chi connectivity index (χ4n) is 7.34. The molecule has 0 amide bonds. The summed E-state index contributed by atoms with van der Waals surface area (Å²) in [6.45, 7) is 11.3. The van der Waals surface area contributed by atoms with E-state index in [-0.39, 0.29) is 41.4 Å². The Morgan fingerprint density at radius 1 is 1.28 bits per heavy atom. The van der Waals surface area contributed by atoms with Gasteiger partial charge in [-0.3, -0.25) is 4.79 Å². The topological polar surface area (TPSA) is 72.8 Å². The number of carbonyl (C=O) groups is 2. The number of esters is 2. The van der Waals surface area contributed by atoms with E-state index < -0.39 is 6.10 Å². The quantitative estimate of drug-likeness (QED) is 0.116. The summed E-state index contributed by atoms with van der Waals surface area (Å²) in [5.74, 6) is 1.27. The summed E-state index contributed by atoms with van der Waals surface area (Å²) in [7, 11) is 3.92. The molecule has 0 spiro atoms. The molecule has 202 valence electrons. The molecule has 4 rings (SSSR count). The van der Waals surface area contributed by atoms with Crippen molar-refractivity contribution in [2.24, 2.45) is 22.7 Å². The third-order valence-corrected chi connectivity index (χ3v) is 12.8. The van der Waals surface area contributed by atoms with Crippen LogP contribution in [0.2, 0.25) is 0 Å². The Hall–Kier alpha value is -0.920. The van der Waals surface area contributed by atoms with Gasteiger partial charge < -0.3 is 14.6 Å². The van der Waals surface area contributed by atoms with Crippen LogP contribution in [0.4, 0.5) is 0 Å².